The fourth-order valence-corrected chi connectivity index (χ4v) is 6.99. The molecular formula is C31H36N5O8P. The minimum Gasteiger partial charge on any atom is -0.461 e. The quantitative estimate of drug-likeness (QED) is 0.148. The second kappa shape index (κ2) is 14.0. The number of carbonyl (C=O) groups excluding carboxylic acids is 1. The molecular weight excluding hydrogens is 601 g/mol. The maximum Gasteiger partial charge on any atom is 0.459 e. The lowest BCUT2D eigenvalue weighted by atomic mass is 9.97. The average molecular weight is 638 g/mol. The molecule has 2 aromatic carbocycles. The van der Waals surface area contributed by atoms with Gasteiger partial charge in [0.2, 0.25) is 0 Å². The van der Waals surface area contributed by atoms with Crippen LogP contribution in [0.25, 0.3) is 10.9 Å². The summed E-state index contributed by atoms with van der Waals surface area (Å²) in [5.74, 6) is -0.189. The zero-order chi connectivity index (χ0) is 31.2. The van der Waals surface area contributed by atoms with E-state index in [1.807, 2.05) is 30.5 Å². The van der Waals surface area contributed by atoms with Crippen LogP contribution in [0.4, 0.5) is 5.82 Å². The van der Waals surface area contributed by atoms with Gasteiger partial charge in [0.25, 0.3) is 0 Å². The van der Waals surface area contributed by atoms with E-state index in [4.69, 9.17) is 29.0 Å². The molecule has 1 saturated heterocycles. The normalized spacial score (nSPS) is 20.9. The molecule has 4 aromatic rings. The van der Waals surface area contributed by atoms with Crippen molar-refractivity contribution in [2.24, 2.45) is 0 Å². The Hall–Kier alpha value is -4.00. The molecule has 45 heavy (non-hydrogen) atoms. The summed E-state index contributed by atoms with van der Waals surface area (Å²) in [6.07, 6.45) is 6.09. The van der Waals surface area contributed by atoms with Crippen LogP contribution in [0, 0.1) is 0 Å². The number of H-pyrrole nitrogens is 1. The number of aromatic amines is 1. The van der Waals surface area contributed by atoms with Gasteiger partial charge in [0, 0.05) is 29.7 Å². The molecule has 3 heterocycles. The Labute approximate surface area is 259 Å². The molecule has 2 fully saturated rings. The van der Waals surface area contributed by atoms with Gasteiger partial charge >= 0.3 is 19.4 Å². The van der Waals surface area contributed by atoms with Crippen molar-refractivity contribution in [3.05, 3.63) is 89.1 Å². The first kappa shape index (κ1) is 31.0. The summed E-state index contributed by atoms with van der Waals surface area (Å²) in [7, 11) is -4.26. The summed E-state index contributed by atoms with van der Waals surface area (Å²) >= 11 is 0. The van der Waals surface area contributed by atoms with E-state index >= 15 is 0 Å². The van der Waals surface area contributed by atoms with Gasteiger partial charge in [-0.3, -0.25) is 13.9 Å². The van der Waals surface area contributed by atoms with E-state index in [0.717, 1.165) is 48.6 Å². The molecule has 0 amide bonds. The van der Waals surface area contributed by atoms with Crippen LogP contribution in [0.15, 0.2) is 77.9 Å². The van der Waals surface area contributed by atoms with E-state index < -0.39 is 38.0 Å². The first-order valence-electron chi connectivity index (χ1n) is 15.0. The molecule has 0 bridgehead atoms. The molecule has 2 aromatic heterocycles. The average Bonchev–Trinajstić information content (AvgIpc) is 3.68. The highest BCUT2D eigenvalue weighted by Gasteiger charge is 2.38. The van der Waals surface area contributed by atoms with Crippen molar-refractivity contribution in [2.45, 2.75) is 63.2 Å². The Kier molecular flexibility index (Phi) is 9.62. The Morgan fingerprint density at radius 2 is 1.89 bits per heavy atom. The Bertz CT molecular complexity index is 1710. The minimum atomic E-state index is -4.26. The molecule has 2 aliphatic rings. The first-order valence-corrected chi connectivity index (χ1v) is 16.5. The van der Waals surface area contributed by atoms with E-state index in [1.165, 1.54) is 16.8 Å². The number of nitrogen functional groups attached to an aromatic ring is 1. The van der Waals surface area contributed by atoms with Gasteiger partial charge in [0.15, 0.2) is 12.5 Å². The van der Waals surface area contributed by atoms with Crippen LogP contribution >= 0.6 is 7.75 Å². The molecule has 1 aliphatic heterocycles. The van der Waals surface area contributed by atoms with Crippen LogP contribution < -0.4 is 21.0 Å². The monoisotopic (exact) mass is 637 g/mol. The number of nitrogens with two attached hydrogens (primary N) is 1. The summed E-state index contributed by atoms with van der Waals surface area (Å²) in [4.78, 5) is 32.9. The molecule has 0 radical (unpaired) electrons. The third kappa shape index (κ3) is 7.81. The maximum absolute atomic E-state index is 14.4. The van der Waals surface area contributed by atoms with E-state index in [0.29, 0.717) is 0 Å². The van der Waals surface area contributed by atoms with Crippen LogP contribution in [0.1, 0.15) is 43.9 Å². The number of rotatable bonds is 12. The zero-order valence-electron chi connectivity index (χ0n) is 24.6. The topological polar surface area (TPSA) is 169 Å². The van der Waals surface area contributed by atoms with Crippen molar-refractivity contribution in [1.82, 2.24) is 19.6 Å². The van der Waals surface area contributed by atoms with Crippen molar-refractivity contribution < 1.29 is 32.6 Å². The van der Waals surface area contributed by atoms with Gasteiger partial charge in [-0.25, -0.2) is 9.36 Å². The van der Waals surface area contributed by atoms with Crippen LogP contribution in [-0.2, 0) is 34.5 Å². The summed E-state index contributed by atoms with van der Waals surface area (Å²) in [5.41, 5.74) is 6.74. The van der Waals surface area contributed by atoms with Gasteiger partial charge in [-0.05, 0) is 55.5 Å². The summed E-state index contributed by atoms with van der Waals surface area (Å²) in [6, 6.07) is 16.6. The van der Waals surface area contributed by atoms with E-state index in [2.05, 4.69) is 15.1 Å². The van der Waals surface area contributed by atoms with Crippen LogP contribution in [-0.4, -0.2) is 52.2 Å². The number of carbonyl (C=O) groups is 1. The van der Waals surface area contributed by atoms with Crippen LogP contribution in [0.5, 0.6) is 5.75 Å². The van der Waals surface area contributed by atoms with Crippen molar-refractivity contribution in [2.75, 3.05) is 18.9 Å². The standard InChI is InChI=1S/C31H36N5O8P/c32-27-15-16-36(31(38)34-27)28-19-40-29(43-28)20-41-45(39,44-23-11-5-2-6-12-23)35-26(30(37)42-22-9-3-1-4-10-22)17-21-18-33-25-14-8-7-13-24(21)25/h2,5-8,11-16,18,22,26,28-29,33H,1,3-4,9-10,17,19-20H2,(H,35,39)(H2,32,34,38)/t26-,28+,29+,45?/m1/s1. The van der Waals surface area contributed by atoms with Crippen molar-refractivity contribution in [3.8, 4) is 5.75 Å². The van der Waals surface area contributed by atoms with Crippen LogP contribution in [0.3, 0.4) is 0 Å². The molecule has 1 aliphatic carbocycles. The number of benzene rings is 2. The molecule has 4 N–H and O–H groups in total. The van der Waals surface area contributed by atoms with Gasteiger partial charge in [-0.1, -0.05) is 42.8 Å². The van der Waals surface area contributed by atoms with Crippen molar-refractivity contribution in [1.29, 1.82) is 0 Å². The van der Waals surface area contributed by atoms with Crippen molar-refractivity contribution >= 4 is 30.4 Å². The second-order valence-electron chi connectivity index (χ2n) is 11.0. The molecule has 238 valence electrons. The summed E-state index contributed by atoms with van der Waals surface area (Å²) < 4.78 is 44.9. The van der Waals surface area contributed by atoms with Gasteiger partial charge in [0.1, 0.15) is 30.3 Å². The molecule has 13 nitrogen and oxygen atoms in total. The van der Waals surface area contributed by atoms with Crippen LogP contribution in [0.2, 0.25) is 0 Å². The highest BCUT2D eigenvalue weighted by Crippen LogP contribution is 2.46. The smallest absolute Gasteiger partial charge is 0.459 e. The second-order valence-corrected chi connectivity index (χ2v) is 12.7. The lowest BCUT2D eigenvalue weighted by Crippen LogP contribution is -2.41. The third-order valence-corrected chi connectivity index (χ3v) is 9.35. The molecule has 0 spiro atoms. The molecule has 1 saturated carbocycles. The van der Waals surface area contributed by atoms with E-state index in [1.54, 1.807) is 30.3 Å². The van der Waals surface area contributed by atoms with E-state index in [9.17, 15) is 14.2 Å². The van der Waals surface area contributed by atoms with Crippen molar-refractivity contribution in [3.63, 3.8) is 0 Å². The molecule has 6 rings (SSSR count). The number of hydrogen-bond donors (Lipinski definition) is 3. The molecule has 14 heteroatoms. The number of para-hydroxylation sites is 2. The molecule has 4 atom stereocenters. The number of ether oxygens (including phenoxy) is 3. The number of aromatic nitrogens is 3. The Balaban J connectivity index is 1.22. The number of esters is 1. The number of nitrogens with zero attached hydrogens (tertiary/aromatic N) is 2. The van der Waals surface area contributed by atoms with E-state index in [-0.39, 0.29) is 37.3 Å². The fraction of sp³-hybridized carbons (Fsp3) is 0.387. The third-order valence-electron chi connectivity index (χ3n) is 7.78. The first-order chi connectivity index (χ1) is 21.8. The van der Waals surface area contributed by atoms with Gasteiger partial charge in [-0.15, -0.1) is 0 Å². The largest absolute Gasteiger partial charge is 0.461 e. The number of nitrogens with one attached hydrogen (secondary N) is 2. The predicted octanol–water partition coefficient (Wildman–Crippen LogP) is 4.46. The van der Waals surface area contributed by atoms with Gasteiger partial charge < -0.3 is 29.5 Å². The lowest BCUT2D eigenvalue weighted by Gasteiger charge is -2.28. The summed E-state index contributed by atoms with van der Waals surface area (Å²) in [5, 5.41) is 3.82. The minimum absolute atomic E-state index is 0.0215. The van der Waals surface area contributed by atoms with Gasteiger partial charge in [-0.2, -0.15) is 10.1 Å². The fourth-order valence-electron chi connectivity index (χ4n) is 5.51. The number of fused-ring (bicyclic) bond motifs is 1. The highest BCUT2D eigenvalue weighted by molar-refractivity contribution is 7.52. The maximum atomic E-state index is 14.4. The number of hydrogen-bond acceptors (Lipinski definition) is 10. The zero-order valence-corrected chi connectivity index (χ0v) is 25.5. The SMILES string of the molecule is Nc1ccn([C@@H]2CO[C@H](COP(=O)(N[C@H](Cc3c[nH]c4ccccc34)C(=O)OC3CCCCC3)Oc3ccccc3)O2)c(=O)n1. The predicted molar refractivity (Wildman–Crippen MR) is 165 cm³/mol. The Morgan fingerprint density at radius 3 is 2.69 bits per heavy atom. The number of anilines is 1. The van der Waals surface area contributed by atoms with Gasteiger partial charge in [0.05, 0.1) is 6.61 Å². The Morgan fingerprint density at radius 1 is 1.11 bits per heavy atom. The molecule has 1 unspecified atom stereocenters. The highest BCUT2D eigenvalue weighted by atomic mass is 31.2. The lowest BCUT2D eigenvalue weighted by molar-refractivity contribution is -0.152. The summed E-state index contributed by atoms with van der Waals surface area (Å²) in [6.45, 7) is -0.310.